The van der Waals surface area contributed by atoms with Gasteiger partial charge in [-0.05, 0) is 31.1 Å². The van der Waals surface area contributed by atoms with Crippen LogP contribution >= 0.6 is 11.6 Å². The van der Waals surface area contributed by atoms with E-state index in [9.17, 15) is 5.26 Å². The third kappa shape index (κ3) is 3.06. The number of aromatic nitrogens is 4. The molecule has 1 N–H and O–H groups in total. The van der Waals surface area contributed by atoms with Crippen molar-refractivity contribution in [3.05, 3.63) is 46.5 Å². The first-order valence-corrected chi connectivity index (χ1v) is 8.17. The number of aryl methyl sites for hydroxylation is 1. The van der Waals surface area contributed by atoms with Crippen LogP contribution in [0.3, 0.4) is 0 Å². The summed E-state index contributed by atoms with van der Waals surface area (Å²) in [7, 11) is 0. The number of benzene rings is 1. The lowest BCUT2D eigenvalue weighted by molar-refractivity contribution is 0.482. The van der Waals surface area contributed by atoms with Crippen LogP contribution in [0, 0.1) is 24.2 Å². The number of rotatable bonds is 4. The molecule has 0 bridgehead atoms. The van der Waals surface area contributed by atoms with Gasteiger partial charge in [0.15, 0.2) is 0 Å². The Bertz CT molecular complexity index is 923. The van der Waals surface area contributed by atoms with E-state index < -0.39 is 0 Å². The molecule has 6 heteroatoms. The second-order valence-corrected chi connectivity index (χ2v) is 6.50. The molecule has 0 aliphatic rings. The topological polar surface area (TPSA) is 70.3 Å². The molecule has 0 atom stereocenters. The van der Waals surface area contributed by atoms with Gasteiger partial charge in [-0.3, -0.25) is 4.68 Å². The van der Waals surface area contributed by atoms with Crippen molar-refractivity contribution < 1.29 is 0 Å². The lowest BCUT2D eigenvalue weighted by atomic mass is 10.1. The van der Waals surface area contributed by atoms with Crippen LogP contribution in [0.25, 0.3) is 22.7 Å². The van der Waals surface area contributed by atoms with Crippen LogP contribution in [0.1, 0.15) is 30.9 Å². The summed E-state index contributed by atoms with van der Waals surface area (Å²) in [6.45, 7) is 6.85. The lowest BCUT2D eigenvalue weighted by Crippen LogP contribution is -2.06. The Balaban J connectivity index is 2.05. The van der Waals surface area contributed by atoms with Crippen LogP contribution in [0.2, 0.25) is 5.15 Å². The molecule has 3 aromatic rings. The highest BCUT2D eigenvalue weighted by atomic mass is 35.5. The summed E-state index contributed by atoms with van der Waals surface area (Å²) in [5.41, 5.74) is 3.71. The van der Waals surface area contributed by atoms with E-state index in [1.807, 2.05) is 31.2 Å². The fourth-order valence-corrected chi connectivity index (χ4v) is 2.87. The second kappa shape index (κ2) is 6.50. The van der Waals surface area contributed by atoms with Gasteiger partial charge in [-0.15, -0.1) is 0 Å². The minimum Gasteiger partial charge on any atom is -0.337 e. The largest absolute Gasteiger partial charge is 0.337 e. The first-order valence-electron chi connectivity index (χ1n) is 7.79. The molecule has 0 spiro atoms. The zero-order valence-corrected chi connectivity index (χ0v) is 14.6. The van der Waals surface area contributed by atoms with E-state index in [1.165, 1.54) is 0 Å². The fraction of sp³-hybridized carbons (Fsp3) is 0.278. The first-order chi connectivity index (χ1) is 11.5. The molecule has 0 aliphatic heterocycles. The lowest BCUT2D eigenvalue weighted by Gasteiger charge is -2.05. The van der Waals surface area contributed by atoms with Gasteiger partial charge in [0.1, 0.15) is 17.0 Å². The van der Waals surface area contributed by atoms with Gasteiger partial charge in [-0.1, -0.05) is 37.6 Å². The van der Waals surface area contributed by atoms with Crippen molar-refractivity contribution in [2.75, 3.05) is 0 Å². The predicted molar refractivity (Wildman–Crippen MR) is 96.4 cm³/mol. The predicted octanol–water partition coefficient (Wildman–Crippen LogP) is 4.44. The fourth-order valence-electron chi connectivity index (χ4n) is 2.58. The Kier molecular flexibility index (Phi) is 4.41. The maximum Gasteiger partial charge on any atom is 0.149 e. The third-order valence-corrected chi connectivity index (χ3v) is 4.10. The molecule has 0 saturated carbocycles. The molecule has 0 unspecified atom stereocenters. The number of nitriles is 1. The van der Waals surface area contributed by atoms with Crippen molar-refractivity contribution in [2.24, 2.45) is 5.92 Å². The van der Waals surface area contributed by atoms with Gasteiger partial charge in [0.05, 0.1) is 22.3 Å². The molecule has 5 nitrogen and oxygen atoms in total. The summed E-state index contributed by atoms with van der Waals surface area (Å²) < 4.78 is 1.78. The van der Waals surface area contributed by atoms with E-state index in [0.29, 0.717) is 22.5 Å². The monoisotopic (exact) mass is 339 g/mol. The normalized spacial score (nSPS) is 12.1. The Labute approximate surface area is 145 Å². The smallest absolute Gasteiger partial charge is 0.149 e. The SMILES string of the molecule is Cc1nn(CC(C)C)c(Cl)c1/C=C(\C#N)c1nc2ccccc2[nH]1. The number of nitrogens with zero attached hydrogens (tertiary/aromatic N) is 4. The highest BCUT2D eigenvalue weighted by Gasteiger charge is 2.15. The number of hydrogen-bond acceptors (Lipinski definition) is 3. The minimum atomic E-state index is 0.431. The molecule has 0 fully saturated rings. The van der Waals surface area contributed by atoms with Crippen molar-refractivity contribution in [3.8, 4) is 6.07 Å². The van der Waals surface area contributed by atoms with Crippen LogP contribution in [0.4, 0.5) is 0 Å². The maximum atomic E-state index is 9.55. The molecule has 122 valence electrons. The standard InChI is InChI=1S/C18H18ClN5/c1-11(2)10-24-17(19)14(12(3)23-24)8-13(9-20)18-21-15-6-4-5-7-16(15)22-18/h4-8,11H,10H2,1-3H3,(H,21,22)/b13-8+. The van der Waals surface area contributed by atoms with Crippen molar-refractivity contribution >= 4 is 34.3 Å². The summed E-state index contributed by atoms with van der Waals surface area (Å²) in [5.74, 6) is 0.968. The Morgan fingerprint density at radius 1 is 1.42 bits per heavy atom. The van der Waals surface area contributed by atoms with Gasteiger partial charge in [0.25, 0.3) is 0 Å². The average molecular weight is 340 g/mol. The molecule has 0 amide bonds. The summed E-state index contributed by atoms with van der Waals surface area (Å²) in [4.78, 5) is 7.65. The van der Waals surface area contributed by atoms with E-state index in [0.717, 1.165) is 28.8 Å². The van der Waals surface area contributed by atoms with Gasteiger partial charge in [-0.25, -0.2) is 4.98 Å². The number of halogens is 1. The first kappa shape index (κ1) is 16.3. The second-order valence-electron chi connectivity index (χ2n) is 6.14. The van der Waals surface area contributed by atoms with Crippen molar-refractivity contribution in [1.82, 2.24) is 19.7 Å². The number of allylic oxidation sites excluding steroid dienone is 1. The highest BCUT2D eigenvalue weighted by molar-refractivity contribution is 6.31. The van der Waals surface area contributed by atoms with E-state index in [4.69, 9.17) is 11.6 Å². The van der Waals surface area contributed by atoms with E-state index >= 15 is 0 Å². The van der Waals surface area contributed by atoms with Crippen molar-refractivity contribution in [2.45, 2.75) is 27.3 Å². The van der Waals surface area contributed by atoms with Gasteiger partial charge in [-0.2, -0.15) is 10.4 Å². The molecule has 0 saturated heterocycles. The molecule has 1 aromatic carbocycles. The van der Waals surface area contributed by atoms with Crippen LogP contribution in [0.5, 0.6) is 0 Å². The summed E-state index contributed by atoms with van der Waals surface area (Å²) >= 11 is 6.46. The molecule has 0 aliphatic carbocycles. The number of hydrogen-bond donors (Lipinski definition) is 1. The molecular formula is C18H18ClN5. The third-order valence-electron chi connectivity index (χ3n) is 3.70. The van der Waals surface area contributed by atoms with Gasteiger partial charge in [0.2, 0.25) is 0 Å². The minimum absolute atomic E-state index is 0.431. The molecule has 2 heterocycles. The summed E-state index contributed by atoms with van der Waals surface area (Å²) in [5, 5.41) is 14.6. The van der Waals surface area contributed by atoms with Crippen molar-refractivity contribution in [1.29, 1.82) is 5.26 Å². The molecule has 24 heavy (non-hydrogen) atoms. The molecule has 0 radical (unpaired) electrons. The number of imidazole rings is 1. The zero-order valence-electron chi connectivity index (χ0n) is 13.8. The van der Waals surface area contributed by atoms with Crippen molar-refractivity contribution in [3.63, 3.8) is 0 Å². The molecular weight excluding hydrogens is 322 g/mol. The highest BCUT2D eigenvalue weighted by Crippen LogP contribution is 2.26. The number of H-pyrrole nitrogens is 1. The van der Waals surface area contributed by atoms with Crippen LogP contribution in [-0.2, 0) is 6.54 Å². The number of para-hydroxylation sites is 2. The van der Waals surface area contributed by atoms with Gasteiger partial charge in [0, 0.05) is 12.1 Å². The summed E-state index contributed by atoms with van der Waals surface area (Å²) in [6, 6.07) is 9.88. The van der Waals surface area contributed by atoms with E-state index in [-0.39, 0.29) is 0 Å². The van der Waals surface area contributed by atoms with Gasteiger partial charge < -0.3 is 4.98 Å². The molecule has 3 rings (SSSR count). The van der Waals surface area contributed by atoms with Crippen LogP contribution in [0.15, 0.2) is 24.3 Å². The Hall–Kier alpha value is -2.58. The van der Waals surface area contributed by atoms with Crippen LogP contribution in [-0.4, -0.2) is 19.7 Å². The Morgan fingerprint density at radius 3 is 2.83 bits per heavy atom. The van der Waals surface area contributed by atoms with Gasteiger partial charge >= 0.3 is 0 Å². The number of fused-ring (bicyclic) bond motifs is 1. The Morgan fingerprint density at radius 2 is 2.17 bits per heavy atom. The van der Waals surface area contributed by atoms with E-state index in [2.05, 4.69) is 35.0 Å². The summed E-state index contributed by atoms with van der Waals surface area (Å²) in [6.07, 6.45) is 1.75. The number of aromatic amines is 1. The zero-order chi connectivity index (χ0) is 17.3. The van der Waals surface area contributed by atoms with Crippen LogP contribution < -0.4 is 0 Å². The average Bonchev–Trinajstić information content (AvgIpc) is 3.07. The van der Waals surface area contributed by atoms with E-state index in [1.54, 1.807) is 10.8 Å². The quantitative estimate of drug-likeness (QED) is 0.714. The maximum absolute atomic E-state index is 9.55. The molecule has 2 aromatic heterocycles. The number of nitrogens with one attached hydrogen (secondary N) is 1.